The summed E-state index contributed by atoms with van der Waals surface area (Å²) < 4.78 is 3.11. The second kappa shape index (κ2) is 8.43. The average molecular weight is 369 g/mol. The Labute approximate surface area is 155 Å². The molecule has 0 unspecified atom stereocenters. The van der Waals surface area contributed by atoms with E-state index in [1.54, 1.807) is 30.2 Å². The zero-order valence-electron chi connectivity index (χ0n) is 15.5. The molecule has 0 aliphatic rings. The average Bonchev–Trinajstić information content (AvgIpc) is 3.03. The van der Waals surface area contributed by atoms with Gasteiger partial charge in [0, 0.05) is 31.5 Å². The van der Waals surface area contributed by atoms with Crippen LogP contribution in [0.25, 0.3) is 11.2 Å². The fraction of sp³-hybridized carbons (Fsp3) is 0.389. The second-order valence-corrected chi connectivity index (χ2v) is 6.29. The van der Waals surface area contributed by atoms with E-state index in [1.807, 2.05) is 12.1 Å². The lowest BCUT2D eigenvalue weighted by Crippen LogP contribution is -2.29. The third-order valence-electron chi connectivity index (χ3n) is 4.30. The van der Waals surface area contributed by atoms with Crippen LogP contribution in [0.15, 0.2) is 39.2 Å². The highest BCUT2D eigenvalue weighted by Gasteiger charge is 2.16. The lowest BCUT2D eigenvalue weighted by Gasteiger charge is -2.07. The molecule has 2 N–H and O–H groups in total. The minimum atomic E-state index is -0.492. The lowest BCUT2D eigenvalue weighted by atomic mass is 10.2. The summed E-state index contributed by atoms with van der Waals surface area (Å²) in [5.41, 5.74) is 3.49. The maximum Gasteiger partial charge on any atom is 0.329 e. The third kappa shape index (κ3) is 4.13. The lowest BCUT2D eigenvalue weighted by molar-refractivity contribution is 0.593. The first-order chi connectivity index (χ1) is 13.1. The van der Waals surface area contributed by atoms with Crippen molar-refractivity contribution in [2.45, 2.75) is 39.2 Å². The smallest absolute Gasteiger partial charge is 0.303 e. The van der Waals surface area contributed by atoms with Gasteiger partial charge in [0.1, 0.15) is 0 Å². The molecule has 0 saturated heterocycles. The molecule has 3 aromatic rings. The van der Waals surface area contributed by atoms with Gasteiger partial charge in [-0.15, -0.1) is 0 Å². The molecule has 0 aliphatic carbocycles. The highest BCUT2D eigenvalue weighted by molar-refractivity contribution is 5.80. The van der Waals surface area contributed by atoms with Crippen molar-refractivity contribution in [2.24, 2.45) is 12.1 Å². The van der Waals surface area contributed by atoms with Gasteiger partial charge >= 0.3 is 5.69 Å². The highest BCUT2D eigenvalue weighted by atomic mass is 16.2. The Hall–Kier alpha value is -3.23. The molecule has 27 heavy (non-hydrogen) atoms. The van der Waals surface area contributed by atoms with Crippen molar-refractivity contribution in [1.29, 1.82) is 0 Å². The molecule has 9 nitrogen and oxygen atoms in total. The standard InChI is InChI=1S/C18H23N7O2/c1-3-4-5-6-10-25-14-15(24(2)18(27)22-16(14)26)21-17(25)23-20-12-13-8-7-9-19-11-13/h7-9,11-12H,3-6,10H2,1-2H3,(H,21,23)(H,22,26,27)/b20-12-. The maximum atomic E-state index is 12.4. The molecular formula is C18H23N7O2. The van der Waals surface area contributed by atoms with Crippen LogP contribution in [0, 0.1) is 0 Å². The Balaban J connectivity index is 1.95. The van der Waals surface area contributed by atoms with Gasteiger partial charge in [0.05, 0.1) is 6.21 Å². The molecule has 0 amide bonds. The van der Waals surface area contributed by atoms with E-state index in [4.69, 9.17) is 0 Å². The number of imidazole rings is 1. The van der Waals surface area contributed by atoms with E-state index in [9.17, 15) is 9.59 Å². The number of rotatable bonds is 8. The van der Waals surface area contributed by atoms with Crippen LogP contribution in [0.3, 0.4) is 0 Å². The number of nitrogens with zero attached hydrogens (tertiary/aromatic N) is 5. The fourth-order valence-electron chi connectivity index (χ4n) is 2.85. The number of unbranched alkanes of at least 4 members (excludes halogenated alkanes) is 3. The monoisotopic (exact) mass is 369 g/mol. The fourth-order valence-corrected chi connectivity index (χ4v) is 2.85. The number of nitrogens with one attached hydrogen (secondary N) is 2. The van der Waals surface area contributed by atoms with Crippen LogP contribution in [0.1, 0.15) is 38.2 Å². The van der Waals surface area contributed by atoms with Gasteiger partial charge in [-0.05, 0) is 12.5 Å². The molecular weight excluding hydrogens is 346 g/mol. The van der Waals surface area contributed by atoms with Crippen LogP contribution in [0.5, 0.6) is 0 Å². The summed E-state index contributed by atoms with van der Waals surface area (Å²) in [5, 5.41) is 4.20. The number of fused-ring (bicyclic) bond motifs is 1. The predicted octanol–water partition coefficient (Wildman–Crippen LogP) is 1.84. The van der Waals surface area contributed by atoms with Crippen LogP contribution in [-0.4, -0.2) is 30.3 Å². The molecule has 3 aromatic heterocycles. The van der Waals surface area contributed by atoms with Gasteiger partial charge in [0.2, 0.25) is 5.95 Å². The first kappa shape index (κ1) is 18.6. The number of anilines is 1. The maximum absolute atomic E-state index is 12.4. The Bertz CT molecular complexity index is 1050. The third-order valence-corrected chi connectivity index (χ3v) is 4.30. The summed E-state index contributed by atoms with van der Waals surface area (Å²) in [7, 11) is 1.58. The van der Waals surface area contributed by atoms with Gasteiger partial charge in [0.25, 0.3) is 5.56 Å². The number of hydrazone groups is 1. The van der Waals surface area contributed by atoms with Crippen LogP contribution < -0.4 is 16.7 Å². The van der Waals surface area contributed by atoms with E-state index in [1.165, 1.54) is 4.57 Å². The largest absolute Gasteiger partial charge is 0.329 e. The number of aryl methyl sites for hydroxylation is 2. The van der Waals surface area contributed by atoms with Crippen LogP contribution >= 0.6 is 0 Å². The van der Waals surface area contributed by atoms with Crippen molar-refractivity contribution in [1.82, 2.24) is 24.1 Å². The molecule has 0 fully saturated rings. The van der Waals surface area contributed by atoms with Gasteiger partial charge in [-0.1, -0.05) is 32.3 Å². The van der Waals surface area contributed by atoms with Crippen LogP contribution in [-0.2, 0) is 13.6 Å². The topological polar surface area (TPSA) is 110 Å². The van der Waals surface area contributed by atoms with Crippen molar-refractivity contribution in [2.75, 3.05) is 5.43 Å². The zero-order chi connectivity index (χ0) is 19.2. The molecule has 0 aromatic carbocycles. The molecule has 0 aliphatic heterocycles. The summed E-state index contributed by atoms with van der Waals surface area (Å²) in [6, 6.07) is 3.69. The molecule has 3 heterocycles. The molecule has 0 atom stereocenters. The highest BCUT2D eigenvalue weighted by Crippen LogP contribution is 2.17. The van der Waals surface area contributed by atoms with E-state index >= 15 is 0 Å². The van der Waals surface area contributed by atoms with E-state index in [0.29, 0.717) is 23.7 Å². The molecule has 0 saturated carbocycles. The second-order valence-electron chi connectivity index (χ2n) is 6.29. The summed E-state index contributed by atoms with van der Waals surface area (Å²) in [5.74, 6) is 0.424. The van der Waals surface area contributed by atoms with E-state index in [0.717, 1.165) is 31.2 Å². The van der Waals surface area contributed by atoms with Gasteiger partial charge in [0.15, 0.2) is 11.2 Å². The Morgan fingerprint density at radius 3 is 2.89 bits per heavy atom. The Morgan fingerprint density at radius 1 is 1.30 bits per heavy atom. The summed E-state index contributed by atoms with van der Waals surface area (Å²) >= 11 is 0. The van der Waals surface area contributed by atoms with Crippen molar-refractivity contribution in [3.05, 3.63) is 50.9 Å². The van der Waals surface area contributed by atoms with Crippen LogP contribution in [0.4, 0.5) is 5.95 Å². The molecule has 0 radical (unpaired) electrons. The summed E-state index contributed by atoms with van der Waals surface area (Å²) in [6.07, 6.45) is 9.21. The van der Waals surface area contributed by atoms with Crippen LogP contribution in [0.2, 0.25) is 0 Å². The number of aromatic nitrogens is 5. The summed E-state index contributed by atoms with van der Waals surface area (Å²) in [4.78, 5) is 35.0. The van der Waals surface area contributed by atoms with Crippen molar-refractivity contribution >= 4 is 23.3 Å². The molecule has 142 valence electrons. The quantitative estimate of drug-likeness (QED) is 0.358. The number of pyridine rings is 1. The minimum absolute atomic E-state index is 0.332. The SMILES string of the molecule is CCCCCCn1c(N/N=C\c2cccnc2)nc2c1c(=O)[nH]c(=O)n2C. The molecule has 0 bridgehead atoms. The first-order valence-electron chi connectivity index (χ1n) is 9.00. The van der Waals surface area contributed by atoms with Crippen molar-refractivity contribution in [3.63, 3.8) is 0 Å². The Kier molecular flexibility index (Phi) is 5.80. The predicted molar refractivity (Wildman–Crippen MR) is 105 cm³/mol. The van der Waals surface area contributed by atoms with Crippen molar-refractivity contribution < 1.29 is 0 Å². The van der Waals surface area contributed by atoms with Gasteiger partial charge in [-0.3, -0.25) is 19.3 Å². The first-order valence-corrected chi connectivity index (χ1v) is 9.00. The normalized spacial score (nSPS) is 11.5. The van der Waals surface area contributed by atoms with E-state index < -0.39 is 11.2 Å². The molecule has 3 rings (SSSR count). The van der Waals surface area contributed by atoms with Gasteiger partial charge < -0.3 is 4.57 Å². The van der Waals surface area contributed by atoms with E-state index in [2.05, 4.69) is 32.4 Å². The molecule has 0 spiro atoms. The number of aromatic amines is 1. The molecule has 9 heteroatoms. The Morgan fingerprint density at radius 2 is 2.15 bits per heavy atom. The number of hydrogen-bond donors (Lipinski definition) is 2. The van der Waals surface area contributed by atoms with Crippen molar-refractivity contribution in [3.8, 4) is 0 Å². The summed E-state index contributed by atoms with van der Waals surface area (Å²) in [6.45, 7) is 2.76. The minimum Gasteiger partial charge on any atom is -0.303 e. The number of hydrogen-bond acceptors (Lipinski definition) is 6. The van der Waals surface area contributed by atoms with Gasteiger partial charge in [-0.2, -0.15) is 10.1 Å². The van der Waals surface area contributed by atoms with Gasteiger partial charge in [-0.25, -0.2) is 10.2 Å². The van der Waals surface area contributed by atoms with E-state index in [-0.39, 0.29) is 0 Å². The zero-order valence-corrected chi connectivity index (χ0v) is 15.5. The number of H-pyrrole nitrogens is 1.